The van der Waals surface area contributed by atoms with Gasteiger partial charge in [0.2, 0.25) is 5.91 Å². The molecule has 0 radical (unpaired) electrons. The van der Waals surface area contributed by atoms with Crippen LogP contribution in [0.1, 0.15) is 53.4 Å². The number of aliphatic hydroxyl groups is 1. The third kappa shape index (κ3) is 3.12. The number of nitrogens with one attached hydrogen (secondary N) is 1. The summed E-state index contributed by atoms with van der Waals surface area (Å²) in [7, 11) is 0. The molecule has 7 nitrogen and oxygen atoms in total. The van der Waals surface area contributed by atoms with Gasteiger partial charge in [-0.1, -0.05) is 48.0 Å². The fourth-order valence-corrected chi connectivity index (χ4v) is 3.77. The lowest BCUT2D eigenvalue weighted by Gasteiger charge is -2.12. The van der Waals surface area contributed by atoms with Gasteiger partial charge in [-0.25, -0.2) is 14.6 Å². The molecule has 2 bridgehead atoms. The van der Waals surface area contributed by atoms with Crippen LogP contribution in [0.4, 0.5) is 11.6 Å². The van der Waals surface area contributed by atoms with E-state index in [2.05, 4.69) is 20.4 Å². The summed E-state index contributed by atoms with van der Waals surface area (Å²) < 4.78 is 1.43. The Morgan fingerprint density at radius 3 is 2.83 bits per heavy atom. The van der Waals surface area contributed by atoms with Crippen LogP contribution in [0.2, 0.25) is 5.02 Å². The molecule has 1 unspecified atom stereocenters. The summed E-state index contributed by atoms with van der Waals surface area (Å²) in [6.45, 7) is 1.49. The van der Waals surface area contributed by atoms with Crippen molar-refractivity contribution in [3.8, 4) is 11.4 Å². The minimum atomic E-state index is -0.868. The number of aromatic nitrogens is 4. The Hall–Kier alpha value is -3.03. The number of halogens is 1. The molecule has 146 valence electrons. The first-order valence-corrected chi connectivity index (χ1v) is 9.79. The van der Waals surface area contributed by atoms with Gasteiger partial charge >= 0.3 is 0 Å². The molecule has 1 aliphatic heterocycles. The number of carbonyl (C=O) groups excluding carboxylic acids is 1. The molecule has 0 saturated heterocycles. The number of nitrogens with zero attached hydrogens (tertiary/aromatic N) is 4. The molecule has 0 spiro atoms. The molecule has 3 aromatic rings. The SMILES string of the molecule is CC(=O)n1nc2c(c1C1CC1)/C=C\C(O)c1ccccc1-c1ncc(Cl)c(n1)N2. The minimum Gasteiger partial charge on any atom is -0.384 e. The van der Waals surface area contributed by atoms with Crippen LogP contribution in [-0.2, 0) is 0 Å². The highest BCUT2D eigenvalue weighted by atomic mass is 35.5. The molecule has 1 fully saturated rings. The van der Waals surface area contributed by atoms with E-state index in [1.165, 1.54) is 17.8 Å². The number of hydrogen-bond acceptors (Lipinski definition) is 6. The van der Waals surface area contributed by atoms with E-state index in [1.807, 2.05) is 30.3 Å². The summed E-state index contributed by atoms with van der Waals surface area (Å²) in [6, 6.07) is 7.44. The first-order chi connectivity index (χ1) is 14.0. The lowest BCUT2D eigenvalue weighted by atomic mass is 10.0. The summed E-state index contributed by atoms with van der Waals surface area (Å²) in [4.78, 5) is 21.1. The Morgan fingerprint density at radius 1 is 1.28 bits per heavy atom. The normalized spacial score (nSPS) is 18.8. The predicted molar refractivity (Wildman–Crippen MR) is 110 cm³/mol. The topological polar surface area (TPSA) is 92.9 Å². The van der Waals surface area contributed by atoms with Crippen molar-refractivity contribution in [2.24, 2.45) is 0 Å². The van der Waals surface area contributed by atoms with E-state index in [4.69, 9.17) is 11.6 Å². The van der Waals surface area contributed by atoms with Crippen molar-refractivity contribution in [1.29, 1.82) is 0 Å². The minimum absolute atomic E-state index is 0.165. The average molecular weight is 408 g/mol. The van der Waals surface area contributed by atoms with Gasteiger partial charge in [0, 0.05) is 24.0 Å². The Kier molecular flexibility index (Phi) is 4.22. The number of benzene rings is 1. The standard InChI is InChI=1S/C21H18ClN5O2/c1-11(28)27-18(12-6-7-12)15-8-9-17(29)13-4-2-3-5-14(13)19-23-10-16(22)21(24-19)25-20(15)26-27/h2-5,8-10,12,17,29H,6-7H2,1H3,(H,23,24,25,26)/b9-8-. The first-order valence-electron chi connectivity index (χ1n) is 9.42. The van der Waals surface area contributed by atoms with Crippen molar-refractivity contribution in [1.82, 2.24) is 19.7 Å². The van der Waals surface area contributed by atoms with Crippen molar-refractivity contribution >= 4 is 35.2 Å². The van der Waals surface area contributed by atoms with Crippen LogP contribution in [-0.4, -0.2) is 30.8 Å². The number of aliphatic hydroxyl groups excluding tert-OH is 1. The van der Waals surface area contributed by atoms with Crippen LogP contribution >= 0.6 is 11.6 Å². The first kappa shape index (κ1) is 18.0. The van der Waals surface area contributed by atoms with Gasteiger partial charge in [-0.3, -0.25) is 4.79 Å². The Labute approximate surface area is 172 Å². The van der Waals surface area contributed by atoms with E-state index in [0.717, 1.165) is 29.7 Å². The third-order valence-corrected chi connectivity index (χ3v) is 5.44. The van der Waals surface area contributed by atoms with Crippen molar-refractivity contribution in [2.45, 2.75) is 31.8 Å². The Morgan fingerprint density at radius 2 is 2.07 bits per heavy atom. The van der Waals surface area contributed by atoms with Crippen molar-refractivity contribution < 1.29 is 9.90 Å². The zero-order valence-electron chi connectivity index (χ0n) is 15.6. The highest BCUT2D eigenvalue weighted by molar-refractivity contribution is 6.32. The molecular weight excluding hydrogens is 390 g/mol. The van der Waals surface area contributed by atoms with Gasteiger partial charge in [-0.15, -0.1) is 5.10 Å². The molecule has 8 heteroatoms. The second-order valence-electron chi connectivity index (χ2n) is 7.26. The second-order valence-corrected chi connectivity index (χ2v) is 7.67. The van der Waals surface area contributed by atoms with Gasteiger partial charge in [0.1, 0.15) is 5.02 Å². The fraction of sp³-hybridized carbons (Fsp3) is 0.238. The molecule has 1 aliphatic carbocycles. The summed E-state index contributed by atoms with van der Waals surface area (Å²) in [5, 5.41) is 18.9. The highest BCUT2D eigenvalue weighted by Gasteiger charge is 2.33. The van der Waals surface area contributed by atoms with E-state index in [1.54, 1.807) is 6.08 Å². The van der Waals surface area contributed by atoms with Crippen LogP contribution in [0.25, 0.3) is 17.5 Å². The Balaban J connectivity index is 1.77. The molecule has 1 saturated carbocycles. The van der Waals surface area contributed by atoms with E-state index in [0.29, 0.717) is 28.0 Å². The maximum absolute atomic E-state index is 12.2. The number of rotatable bonds is 1. The van der Waals surface area contributed by atoms with Gasteiger partial charge in [0.25, 0.3) is 0 Å². The van der Waals surface area contributed by atoms with Gasteiger partial charge < -0.3 is 10.4 Å². The largest absolute Gasteiger partial charge is 0.384 e. The molecule has 1 atom stereocenters. The molecule has 2 aliphatic rings. The monoisotopic (exact) mass is 407 g/mol. The van der Waals surface area contributed by atoms with Crippen LogP contribution in [0.15, 0.2) is 36.5 Å². The maximum atomic E-state index is 12.2. The zero-order valence-corrected chi connectivity index (χ0v) is 16.4. The Bertz CT molecular complexity index is 1170. The van der Waals surface area contributed by atoms with Gasteiger partial charge in [-0.05, 0) is 18.4 Å². The van der Waals surface area contributed by atoms with Crippen LogP contribution in [0, 0.1) is 0 Å². The summed E-state index contributed by atoms with van der Waals surface area (Å²) in [5.74, 6) is 1.42. The molecule has 0 amide bonds. The summed E-state index contributed by atoms with van der Waals surface area (Å²) >= 11 is 6.34. The zero-order chi connectivity index (χ0) is 20.1. The molecule has 1 aromatic carbocycles. The number of anilines is 2. The number of fused-ring (bicyclic) bond motifs is 5. The molecule has 3 heterocycles. The summed E-state index contributed by atoms with van der Waals surface area (Å²) in [6.07, 6.45) is 6.18. The van der Waals surface area contributed by atoms with Crippen LogP contribution < -0.4 is 5.32 Å². The number of hydrogen-bond donors (Lipinski definition) is 2. The third-order valence-electron chi connectivity index (χ3n) is 5.17. The molecule has 29 heavy (non-hydrogen) atoms. The van der Waals surface area contributed by atoms with Crippen LogP contribution in [0.3, 0.4) is 0 Å². The number of carbonyl (C=O) groups is 1. The van der Waals surface area contributed by atoms with E-state index in [-0.39, 0.29) is 11.8 Å². The van der Waals surface area contributed by atoms with E-state index >= 15 is 0 Å². The van der Waals surface area contributed by atoms with Gasteiger partial charge in [-0.2, -0.15) is 0 Å². The van der Waals surface area contributed by atoms with Crippen LogP contribution in [0.5, 0.6) is 0 Å². The lowest BCUT2D eigenvalue weighted by Crippen LogP contribution is -2.11. The van der Waals surface area contributed by atoms with E-state index < -0.39 is 6.10 Å². The average Bonchev–Trinajstić information content (AvgIpc) is 3.49. The molecule has 2 aromatic heterocycles. The van der Waals surface area contributed by atoms with Gasteiger partial charge in [0.15, 0.2) is 17.5 Å². The quantitative estimate of drug-likeness (QED) is 0.623. The summed E-state index contributed by atoms with van der Waals surface area (Å²) in [5.41, 5.74) is 3.02. The van der Waals surface area contributed by atoms with Crippen molar-refractivity contribution in [3.05, 3.63) is 58.4 Å². The second kappa shape index (κ2) is 6.79. The highest BCUT2D eigenvalue weighted by Crippen LogP contribution is 2.45. The molecule has 2 N–H and O–H groups in total. The lowest BCUT2D eigenvalue weighted by molar-refractivity contribution is 0.0917. The smallest absolute Gasteiger partial charge is 0.244 e. The van der Waals surface area contributed by atoms with Crippen molar-refractivity contribution in [3.63, 3.8) is 0 Å². The molecule has 5 rings (SSSR count). The molecular formula is C21H18ClN5O2. The fourth-order valence-electron chi connectivity index (χ4n) is 3.64. The van der Waals surface area contributed by atoms with E-state index in [9.17, 15) is 9.90 Å². The predicted octanol–water partition coefficient (Wildman–Crippen LogP) is 4.33. The maximum Gasteiger partial charge on any atom is 0.244 e. The van der Waals surface area contributed by atoms with Gasteiger partial charge in [0.05, 0.1) is 18.0 Å². The van der Waals surface area contributed by atoms with Crippen molar-refractivity contribution in [2.75, 3.05) is 5.32 Å².